The minimum atomic E-state index is -3.90. The highest BCUT2D eigenvalue weighted by Crippen LogP contribution is 2.19. The molecular weight excluding hydrogens is 212 g/mol. The average molecular weight is 226 g/mol. The molecule has 0 aromatic rings. The van der Waals surface area contributed by atoms with E-state index in [0.717, 1.165) is 5.57 Å². The van der Waals surface area contributed by atoms with Crippen LogP contribution in [0.4, 0.5) is 0 Å². The molecule has 0 aliphatic heterocycles. The van der Waals surface area contributed by atoms with E-state index in [1.165, 1.54) is 6.08 Å². The van der Waals surface area contributed by atoms with E-state index in [4.69, 9.17) is 4.55 Å². The molecule has 1 N–H and O–H groups in total. The normalized spacial score (nSPS) is 24.1. The summed E-state index contributed by atoms with van der Waals surface area (Å²) in [6.45, 7) is 1.93. The molecule has 0 aromatic carbocycles. The Morgan fingerprint density at radius 2 is 2.20 bits per heavy atom. The van der Waals surface area contributed by atoms with Gasteiger partial charge in [-0.15, -0.1) is 0 Å². The van der Waals surface area contributed by atoms with E-state index in [2.05, 4.69) is 0 Å². The number of allylic oxidation sites excluding steroid dienone is 7. The van der Waals surface area contributed by atoms with E-state index >= 15 is 0 Å². The standard InChI is InChI=1S/C11H14O3S/c1-2-10-6-3-4-7-11(10)8-5-9-15(12,13)14/h2-8,11H,9H2,1H3,(H,12,13,14). The SMILES string of the molecule is CC=C1C=CC=CC1C=CCS(=O)(=O)O. The second-order valence-electron chi connectivity index (χ2n) is 3.24. The first-order valence-corrected chi connectivity index (χ1v) is 6.27. The van der Waals surface area contributed by atoms with Crippen LogP contribution in [0.5, 0.6) is 0 Å². The quantitative estimate of drug-likeness (QED) is 0.592. The van der Waals surface area contributed by atoms with E-state index < -0.39 is 10.1 Å². The second kappa shape index (κ2) is 5.09. The Hall–Kier alpha value is -1.13. The van der Waals surface area contributed by atoms with Gasteiger partial charge in [0.1, 0.15) is 0 Å². The molecule has 0 amide bonds. The van der Waals surface area contributed by atoms with E-state index in [0.29, 0.717) is 0 Å². The van der Waals surface area contributed by atoms with Crippen LogP contribution in [-0.2, 0) is 10.1 Å². The summed E-state index contributed by atoms with van der Waals surface area (Å²) in [5.41, 5.74) is 1.11. The minimum Gasteiger partial charge on any atom is -0.285 e. The van der Waals surface area contributed by atoms with Gasteiger partial charge in [0.15, 0.2) is 0 Å². The molecule has 0 heterocycles. The molecule has 0 aromatic heterocycles. The molecule has 1 unspecified atom stereocenters. The monoisotopic (exact) mass is 226 g/mol. The van der Waals surface area contributed by atoms with Crippen molar-refractivity contribution >= 4 is 10.1 Å². The summed E-state index contributed by atoms with van der Waals surface area (Å²) in [6, 6.07) is 0. The molecule has 3 nitrogen and oxygen atoms in total. The summed E-state index contributed by atoms with van der Waals surface area (Å²) in [5, 5.41) is 0. The zero-order valence-corrected chi connectivity index (χ0v) is 9.31. The predicted octanol–water partition coefficient (Wildman–Crippen LogP) is 2.12. The van der Waals surface area contributed by atoms with Crippen molar-refractivity contribution in [2.75, 3.05) is 5.75 Å². The summed E-state index contributed by atoms with van der Waals surface area (Å²) < 4.78 is 29.5. The largest absolute Gasteiger partial charge is 0.285 e. The minimum absolute atomic E-state index is 0.0988. The average Bonchev–Trinajstić information content (AvgIpc) is 2.16. The first kappa shape index (κ1) is 11.9. The van der Waals surface area contributed by atoms with Crippen molar-refractivity contribution in [3.63, 3.8) is 0 Å². The van der Waals surface area contributed by atoms with Crippen LogP contribution >= 0.6 is 0 Å². The fraction of sp³-hybridized carbons (Fsp3) is 0.273. The Morgan fingerprint density at radius 3 is 2.80 bits per heavy atom. The maximum Gasteiger partial charge on any atom is 0.268 e. The number of rotatable bonds is 3. The van der Waals surface area contributed by atoms with E-state index in [1.54, 1.807) is 6.08 Å². The highest BCUT2D eigenvalue weighted by atomic mass is 32.2. The zero-order valence-electron chi connectivity index (χ0n) is 8.50. The molecule has 0 saturated heterocycles. The lowest BCUT2D eigenvalue weighted by molar-refractivity contribution is 0.486. The van der Waals surface area contributed by atoms with Crippen LogP contribution in [0, 0.1) is 5.92 Å². The van der Waals surface area contributed by atoms with Crippen molar-refractivity contribution in [3.05, 3.63) is 48.1 Å². The van der Waals surface area contributed by atoms with Gasteiger partial charge in [0.2, 0.25) is 0 Å². The molecule has 0 radical (unpaired) electrons. The van der Waals surface area contributed by atoms with Gasteiger partial charge in [-0.05, 0) is 12.5 Å². The van der Waals surface area contributed by atoms with Crippen molar-refractivity contribution in [2.24, 2.45) is 5.92 Å². The zero-order chi connectivity index (χ0) is 11.3. The van der Waals surface area contributed by atoms with Crippen LogP contribution in [-0.4, -0.2) is 18.7 Å². The fourth-order valence-corrected chi connectivity index (χ4v) is 1.71. The van der Waals surface area contributed by atoms with Crippen molar-refractivity contribution in [1.29, 1.82) is 0 Å². The summed E-state index contributed by atoms with van der Waals surface area (Å²) in [7, 11) is -3.90. The summed E-state index contributed by atoms with van der Waals surface area (Å²) in [5.74, 6) is -0.236. The molecule has 0 bridgehead atoms. The topological polar surface area (TPSA) is 54.4 Å². The van der Waals surface area contributed by atoms with Gasteiger partial charge in [-0.3, -0.25) is 4.55 Å². The maximum atomic E-state index is 10.5. The number of hydrogen-bond donors (Lipinski definition) is 1. The van der Waals surface area contributed by atoms with E-state index in [1.807, 2.05) is 37.3 Å². The lowest BCUT2D eigenvalue weighted by atomic mass is 9.94. The van der Waals surface area contributed by atoms with Gasteiger partial charge < -0.3 is 0 Å². The van der Waals surface area contributed by atoms with Crippen molar-refractivity contribution < 1.29 is 13.0 Å². The lowest BCUT2D eigenvalue weighted by Gasteiger charge is -2.11. The van der Waals surface area contributed by atoms with Gasteiger partial charge in [0.25, 0.3) is 10.1 Å². The summed E-state index contributed by atoms with van der Waals surface area (Å²) in [4.78, 5) is 0. The third-order valence-electron chi connectivity index (χ3n) is 2.09. The molecule has 1 atom stereocenters. The molecule has 0 fully saturated rings. The third-order valence-corrected chi connectivity index (χ3v) is 2.70. The molecule has 1 rings (SSSR count). The summed E-state index contributed by atoms with van der Waals surface area (Å²) >= 11 is 0. The molecule has 15 heavy (non-hydrogen) atoms. The predicted molar refractivity (Wildman–Crippen MR) is 61.1 cm³/mol. The Bertz CT molecular complexity index is 425. The molecule has 4 heteroatoms. The third kappa shape index (κ3) is 4.27. The van der Waals surface area contributed by atoms with Crippen molar-refractivity contribution in [3.8, 4) is 0 Å². The van der Waals surface area contributed by atoms with Gasteiger partial charge in [-0.25, -0.2) is 0 Å². The Balaban J connectivity index is 2.66. The highest BCUT2D eigenvalue weighted by molar-refractivity contribution is 7.85. The van der Waals surface area contributed by atoms with Crippen LogP contribution in [0.25, 0.3) is 0 Å². The first-order valence-electron chi connectivity index (χ1n) is 4.66. The molecule has 0 saturated carbocycles. The van der Waals surface area contributed by atoms with Gasteiger partial charge in [-0.2, -0.15) is 8.42 Å². The van der Waals surface area contributed by atoms with Crippen LogP contribution in [0.1, 0.15) is 6.92 Å². The molecular formula is C11H14O3S. The van der Waals surface area contributed by atoms with Gasteiger partial charge in [0, 0.05) is 5.92 Å². The van der Waals surface area contributed by atoms with Gasteiger partial charge in [-0.1, -0.05) is 42.5 Å². The first-order chi connectivity index (χ1) is 7.03. The highest BCUT2D eigenvalue weighted by Gasteiger charge is 2.07. The van der Waals surface area contributed by atoms with Crippen LogP contribution in [0.3, 0.4) is 0 Å². The van der Waals surface area contributed by atoms with Crippen molar-refractivity contribution in [1.82, 2.24) is 0 Å². The van der Waals surface area contributed by atoms with Gasteiger partial charge >= 0.3 is 0 Å². The molecule has 1 aliphatic carbocycles. The fourth-order valence-electron chi connectivity index (χ4n) is 1.36. The Morgan fingerprint density at radius 1 is 1.47 bits per heavy atom. The smallest absolute Gasteiger partial charge is 0.268 e. The van der Waals surface area contributed by atoms with Crippen molar-refractivity contribution in [2.45, 2.75) is 6.92 Å². The lowest BCUT2D eigenvalue weighted by Crippen LogP contribution is -2.02. The van der Waals surface area contributed by atoms with Crippen LogP contribution in [0.15, 0.2) is 48.1 Å². The molecule has 1 aliphatic rings. The Kier molecular flexibility index (Phi) is 4.05. The van der Waals surface area contributed by atoms with Crippen LogP contribution < -0.4 is 0 Å². The maximum absolute atomic E-state index is 10.5. The molecule has 82 valence electrons. The van der Waals surface area contributed by atoms with Crippen LogP contribution in [0.2, 0.25) is 0 Å². The van der Waals surface area contributed by atoms with Gasteiger partial charge in [0.05, 0.1) is 5.75 Å². The second-order valence-corrected chi connectivity index (χ2v) is 4.73. The Labute approximate surface area is 90.3 Å². The van der Waals surface area contributed by atoms with E-state index in [9.17, 15) is 8.42 Å². The summed E-state index contributed by atoms with van der Waals surface area (Å²) in [6.07, 6.45) is 13.0. The molecule has 0 spiro atoms. The number of hydrogen-bond acceptors (Lipinski definition) is 2. The van der Waals surface area contributed by atoms with E-state index in [-0.39, 0.29) is 11.7 Å².